The molecule has 20 heavy (non-hydrogen) atoms. The maximum absolute atomic E-state index is 13.1. The van der Waals surface area contributed by atoms with Crippen LogP contribution in [0.3, 0.4) is 0 Å². The van der Waals surface area contributed by atoms with Crippen molar-refractivity contribution in [2.24, 2.45) is 0 Å². The van der Waals surface area contributed by atoms with Crippen LogP contribution in [0.4, 0.5) is 10.2 Å². The van der Waals surface area contributed by atoms with Crippen LogP contribution in [0.1, 0.15) is 5.56 Å². The van der Waals surface area contributed by atoms with Crippen molar-refractivity contribution in [3.05, 3.63) is 54.2 Å². The predicted molar refractivity (Wildman–Crippen MR) is 75.9 cm³/mol. The minimum atomic E-state index is -0.519. The summed E-state index contributed by atoms with van der Waals surface area (Å²) in [4.78, 5) is 12.2. The zero-order valence-electron chi connectivity index (χ0n) is 11.2. The highest BCUT2D eigenvalue weighted by molar-refractivity contribution is 5.35. The number of rotatable bonds is 3. The second-order valence-corrected chi connectivity index (χ2v) is 4.95. The van der Waals surface area contributed by atoms with E-state index in [9.17, 15) is 4.39 Å². The van der Waals surface area contributed by atoms with Gasteiger partial charge in [0.1, 0.15) is 5.82 Å². The second kappa shape index (κ2) is 5.96. The molecule has 0 bridgehead atoms. The van der Waals surface area contributed by atoms with Crippen LogP contribution in [0.15, 0.2) is 42.7 Å². The molecular formula is C15H17FN4. The zero-order valence-corrected chi connectivity index (χ0v) is 11.2. The summed E-state index contributed by atoms with van der Waals surface area (Å²) in [6, 6.07) is 10.4. The molecule has 0 spiro atoms. The van der Waals surface area contributed by atoms with Gasteiger partial charge in [-0.3, -0.25) is 9.88 Å². The largest absolute Gasteiger partial charge is 0.353 e. The Morgan fingerprint density at radius 3 is 2.45 bits per heavy atom. The van der Waals surface area contributed by atoms with Gasteiger partial charge >= 0.3 is 0 Å². The first-order valence-corrected chi connectivity index (χ1v) is 6.80. The van der Waals surface area contributed by atoms with Crippen LogP contribution in [-0.4, -0.2) is 41.0 Å². The third kappa shape index (κ3) is 3.11. The fourth-order valence-corrected chi connectivity index (χ4v) is 2.46. The summed E-state index contributed by atoms with van der Waals surface area (Å²) >= 11 is 0. The maximum Gasteiger partial charge on any atom is 0.233 e. The van der Waals surface area contributed by atoms with Crippen LogP contribution in [0, 0.1) is 5.95 Å². The van der Waals surface area contributed by atoms with Gasteiger partial charge in [0, 0.05) is 32.7 Å². The minimum absolute atomic E-state index is 0.519. The van der Waals surface area contributed by atoms with Crippen LogP contribution in [0.2, 0.25) is 0 Å². The van der Waals surface area contributed by atoms with Gasteiger partial charge in [0.15, 0.2) is 0 Å². The molecule has 4 nitrogen and oxygen atoms in total. The topological polar surface area (TPSA) is 32.3 Å². The molecule has 0 atom stereocenters. The summed E-state index contributed by atoms with van der Waals surface area (Å²) < 4.78 is 13.1. The fourth-order valence-electron chi connectivity index (χ4n) is 2.46. The Bertz CT molecular complexity index is 553. The number of hydrogen-bond donors (Lipinski definition) is 0. The average molecular weight is 272 g/mol. The van der Waals surface area contributed by atoms with Crippen molar-refractivity contribution in [1.82, 2.24) is 14.9 Å². The Morgan fingerprint density at radius 1 is 1.00 bits per heavy atom. The Balaban J connectivity index is 1.57. The van der Waals surface area contributed by atoms with Crippen LogP contribution < -0.4 is 4.90 Å². The summed E-state index contributed by atoms with van der Waals surface area (Å²) in [6.45, 7) is 4.57. The van der Waals surface area contributed by atoms with Crippen LogP contribution in [0.5, 0.6) is 0 Å². The predicted octanol–water partition coefficient (Wildman–Crippen LogP) is 1.94. The standard InChI is InChI=1S/C15H17FN4/c16-14-10-17-11-15(18-14)20-8-6-19(7-9-20)12-13-4-2-1-3-5-13/h1-5,10-11H,6-9,12H2. The van der Waals surface area contributed by atoms with Crippen molar-refractivity contribution < 1.29 is 4.39 Å². The van der Waals surface area contributed by atoms with Gasteiger partial charge < -0.3 is 4.90 Å². The van der Waals surface area contributed by atoms with Crippen molar-refractivity contribution in [2.75, 3.05) is 31.1 Å². The van der Waals surface area contributed by atoms with E-state index < -0.39 is 5.95 Å². The Hall–Kier alpha value is -2.01. The molecule has 0 amide bonds. The summed E-state index contributed by atoms with van der Waals surface area (Å²) in [7, 11) is 0. The lowest BCUT2D eigenvalue weighted by Gasteiger charge is -2.35. The molecule has 0 aliphatic carbocycles. The Kier molecular flexibility index (Phi) is 3.87. The normalized spacial score (nSPS) is 16.4. The molecule has 104 valence electrons. The van der Waals surface area contributed by atoms with E-state index in [2.05, 4.69) is 44.0 Å². The molecule has 1 saturated heterocycles. The van der Waals surface area contributed by atoms with E-state index in [0.29, 0.717) is 5.82 Å². The number of nitrogens with zero attached hydrogens (tertiary/aromatic N) is 4. The molecule has 1 aliphatic rings. The van der Waals surface area contributed by atoms with Crippen molar-refractivity contribution >= 4 is 5.82 Å². The molecule has 0 saturated carbocycles. The molecule has 0 radical (unpaired) electrons. The quantitative estimate of drug-likeness (QED) is 0.854. The molecule has 5 heteroatoms. The number of halogens is 1. The number of piperazine rings is 1. The lowest BCUT2D eigenvalue weighted by Crippen LogP contribution is -2.46. The Labute approximate surface area is 117 Å². The van der Waals surface area contributed by atoms with Crippen molar-refractivity contribution in [3.8, 4) is 0 Å². The van der Waals surface area contributed by atoms with Crippen molar-refractivity contribution in [1.29, 1.82) is 0 Å². The van der Waals surface area contributed by atoms with Crippen LogP contribution >= 0.6 is 0 Å². The van der Waals surface area contributed by atoms with Gasteiger partial charge in [0.25, 0.3) is 0 Å². The lowest BCUT2D eigenvalue weighted by atomic mass is 10.2. The molecule has 1 fully saturated rings. The number of benzene rings is 1. The van der Waals surface area contributed by atoms with Crippen LogP contribution in [-0.2, 0) is 6.54 Å². The summed E-state index contributed by atoms with van der Waals surface area (Å²) in [5, 5.41) is 0. The highest BCUT2D eigenvalue weighted by Crippen LogP contribution is 2.14. The Morgan fingerprint density at radius 2 is 1.75 bits per heavy atom. The minimum Gasteiger partial charge on any atom is -0.353 e. The first-order chi connectivity index (χ1) is 9.81. The monoisotopic (exact) mass is 272 g/mol. The molecule has 0 N–H and O–H groups in total. The van der Waals surface area contributed by atoms with Crippen LogP contribution in [0.25, 0.3) is 0 Å². The van der Waals surface area contributed by atoms with E-state index in [1.165, 1.54) is 5.56 Å². The SMILES string of the molecule is Fc1cncc(N2CCN(Cc3ccccc3)CC2)n1. The molecule has 0 unspecified atom stereocenters. The fraction of sp³-hybridized carbons (Fsp3) is 0.333. The third-order valence-corrected chi connectivity index (χ3v) is 3.54. The van der Waals surface area contributed by atoms with E-state index in [4.69, 9.17) is 0 Å². The molecule has 1 aliphatic heterocycles. The zero-order chi connectivity index (χ0) is 13.8. The highest BCUT2D eigenvalue weighted by Gasteiger charge is 2.18. The molecule has 1 aromatic carbocycles. The number of hydrogen-bond acceptors (Lipinski definition) is 4. The van der Waals surface area contributed by atoms with Gasteiger partial charge in [0.05, 0.1) is 12.4 Å². The number of aromatic nitrogens is 2. The first-order valence-electron chi connectivity index (χ1n) is 6.80. The summed E-state index contributed by atoms with van der Waals surface area (Å²) in [6.07, 6.45) is 2.76. The van der Waals surface area contributed by atoms with Gasteiger partial charge in [-0.15, -0.1) is 0 Å². The summed E-state index contributed by atoms with van der Waals surface area (Å²) in [5.74, 6) is 0.110. The summed E-state index contributed by atoms with van der Waals surface area (Å²) in [5.41, 5.74) is 1.33. The highest BCUT2D eigenvalue weighted by atomic mass is 19.1. The van der Waals surface area contributed by atoms with E-state index >= 15 is 0 Å². The molecule has 2 heterocycles. The van der Waals surface area contributed by atoms with Gasteiger partial charge in [-0.25, -0.2) is 0 Å². The van der Waals surface area contributed by atoms with Gasteiger partial charge in [-0.1, -0.05) is 30.3 Å². The first kappa shape index (κ1) is 13.0. The van der Waals surface area contributed by atoms with Gasteiger partial charge in [0.2, 0.25) is 5.95 Å². The molecular weight excluding hydrogens is 255 g/mol. The number of anilines is 1. The third-order valence-electron chi connectivity index (χ3n) is 3.54. The van der Waals surface area contributed by atoms with E-state index in [0.717, 1.165) is 38.9 Å². The lowest BCUT2D eigenvalue weighted by molar-refractivity contribution is 0.249. The second-order valence-electron chi connectivity index (χ2n) is 4.95. The van der Waals surface area contributed by atoms with Crippen molar-refractivity contribution in [3.63, 3.8) is 0 Å². The van der Waals surface area contributed by atoms with Crippen molar-refractivity contribution in [2.45, 2.75) is 6.54 Å². The van der Waals surface area contributed by atoms with E-state index in [1.54, 1.807) is 6.20 Å². The smallest absolute Gasteiger partial charge is 0.233 e. The maximum atomic E-state index is 13.1. The van der Waals surface area contributed by atoms with E-state index in [1.807, 2.05) is 6.07 Å². The average Bonchev–Trinajstić information content (AvgIpc) is 2.49. The van der Waals surface area contributed by atoms with E-state index in [-0.39, 0.29) is 0 Å². The molecule has 2 aromatic rings. The van der Waals surface area contributed by atoms with Gasteiger partial charge in [-0.05, 0) is 5.56 Å². The van der Waals surface area contributed by atoms with Gasteiger partial charge in [-0.2, -0.15) is 9.37 Å². The molecule has 3 rings (SSSR count). The molecule has 1 aromatic heterocycles.